The predicted molar refractivity (Wildman–Crippen MR) is 77.9 cm³/mol. The van der Waals surface area contributed by atoms with Crippen molar-refractivity contribution in [1.82, 2.24) is 15.1 Å². The Bertz CT molecular complexity index is 343. The maximum atomic E-state index is 12.7. The van der Waals surface area contributed by atoms with Crippen LogP contribution in [0.1, 0.15) is 39.0 Å². The van der Waals surface area contributed by atoms with Crippen molar-refractivity contribution in [2.75, 3.05) is 32.8 Å². The first kappa shape index (κ1) is 14.3. The third-order valence-electron chi connectivity index (χ3n) is 5.20. The van der Waals surface area contributed by atoms with Gasteiger partial charge >= 0.3 is 0 Å². The van der Waals surface area contributed by atoms with Crippen molar-refractivity contribution in [1.29, 1.82) is 0 Å². The van der Waals surface area contributed by atoms with Crippen LogP contribution in [0.3, 0.4) is 0 Å². The van der Waals surface area contributed by atoms with Gasteiger partial charge in [-0.1, -0.05) is 12.8 Å². The number of hydrogen-bond acceptors (Lipinski definition) is 3. The molecule has 20 heavy (non-hydrogen) atoms. The second kappa shape index (κ2) is 6.41. The predicted octanol–water partition coefficient (Wildman–Crippen LogP) is -0.450. The average molecular weight is 281 g/mol. The van der Waals surface area contributed by atoms with Crippen molar-refractivity contribution < 1.29 is 10.1 Å². The summed E-state index contributed by atoms with van der Waals surface area (Å²) >= 11 is 0. The van der Waals surface area contributed by atoms with Gasteiger partial charge in [-0.3, -0.25) is 15.0 Å². The summed E-state index contributed by atoms with van der Waals surface area (Å²) in [7, 11) is 0. The number of hydrogen-bond donors (Lipinski definition) is 2. The van der Waals surface area contributed by atoms with E-state index in [1.807, 2.05) is 0 Å². The Kier molecular flexibility index (Phi) is 4.58. The van der Waals surface area contributed by atoms with Gasteiger partial charge in [0.15, 0.2) is 0 Å². The van der Waals surface area contributed by atoms with Gasteiger partial charge in [-0.25, -0.2) is 0 Å². The van der Waals surface area contributed by atoms with E-state index in [1.165, 1.54) is 32.4 Å². The molecule has 3 rings (SSSR count). The van der Waals surface area contributed by atoms with Gasteiger partial charge in [-0.15, -0.1) is 0 Å². The molecule has 0 aromatic rings. The molecule has 5 nitrogen and oxygen atoms in total. The maximum absolute atomic E-state index is 12.7. The highest BCUT2D eigenvalue weighted by Gasteiger charge is 2.40. The molecule has 3 aliphatic rings. The zero-order valence-corrected chi connectivity index (χ0v) is 12.7. The molecule has 0 aromatic carbocycles. The van der Waals surface area contributed by atoms with Crippen LogP contribution in [0.5, 0.6) is 0 Å². The molecule has 2 heterocycles. The Balaban J connectivity index is 1.50. The second-order valence-electron chi connectivity index (χ2n) is 6.60. The molecule has 0 radical (unpaired) electrons. The van der Waals surface area contributed by atoms with Crippen LogP contribution in [0.2, 0.25) is 0 Å². The minimum atomic E-state index is 0.215. The fourth-order valence-corrected chi connectivity index (χ4v) is 4.04. The van der Waals surface area contributed by atoms with E-state index in [2.05, 4.69) is 27.4 Å². The van der Waals surface area contributed by atoms with Crippen molar-refractivity contribution >= 4 is 5.91 Å². The molecular formula is C15H29N4O+. The number of amides is 1. The quantitative estimate of drug-likeness (QED) is 0.734. The van der Waals surface area contributed by atoms with Crippen molar-refractivity contribution in [2.24, 2.45) is 5.92 Å². The summed E-state index contributed by atoms with van der Waals surface area (Å²) in [6, 6.07) is 0.440. The van der Waals surface area contributed by atoms with Crippen LogP contribution >= 0.6 is 0 Å². The van der Waals surface area contributed by atoms with Gasteiger partial charge in [-0.2, -0.15) is 0 Å². The Hall–Kier alpha value is -0.650. The SMILES string of the molecule is CC1NC2CCCCC2C(=O)N1CCCN1CC[NH2+]C1. The van der Waals surface area contributed by atoms with Crippen LogP contribution in [-0.4, -0.2) is 60.8 Å². The summed E-state index contributed by atoms with van der Waals surface area (Å²) < 4.78 is 0. The van der Waals surface area contributed by atoms with Crippen molar-refractivity contribution in [2.45, 2.75) is 51.2 Å². The van der Waals surface area contributed by atoms with E-state index in [-0.39, 0.29) is 12.1 Å². The van der Waals surface area contributed by atoms with E-state index in [0.717, 1.165) is 32.6 Å². The number of nitrogens with two attached hydrogens (primary N) is 1. The van der Waals surface area contributed by atoms with Crippen LogP contribution in [-0.2, 0) is 4.79 Å². The first-order valence-corrected chi connectivity index (χ1v) is 8.36. The second-order valence-corrected chi connectivity index (χ2v) is 6.60. The van der Waals surface area contributed by atoms with Crippen molar-refractivity contribution in [3.05, 3.63) is 0 Å². The number of rotatable bonds is 4. The topological polar surface area (TPSA) is 52.2 Å². The molecule has 0 bridgehead atoms. The van der Waals surface area contributed by atoms with Gasteiger partial charge in [0.05, 0.1) is 25.2 Å². The smallest absolute Gasteiger partial charge is 0.228 e. The van der Waals surface area contributed by atoms with Gasteiger partial charge in [0.1, 0.15) is 6.67 Å². The maximum Gasteiger partial charge on any atom is 0.228 e. The summed E-state index contributed by atoms with van der Waals surface area (Å²) in [5.74, 6) is 0.661. The van der Waals surface area contributed by atoms with Crippen molar-refractivity contribution in [3.8, 4) is 0 Å². The van der Waals surface area contributed by atoms with Gasteiger partial charge < -0.3 is 10.2 Å². The van der Waals surface area contributed by atoms with Gasteiger partial charge in [-0.05, 0) is 26.2 Å². The summed E-state index contributed by atoms with van der Waals surface area (Å²) in [6.45, 7) is 7.74. The lowest BCUT2D eigenvalue weighted by atomic mass is 9.81. The van der Waals surface area contributed by atoms with Crippen LogP contribution in [0.4, 0.5) is 0 Å². The summed E-state index contributed by atoms with van der Waals surface area (Å²) in [5, 5.41) is 6.01. The molecule has 0 aromatic heterocycles. The summed E-state index contributed by atoms with van der Waals surface area (Å²) in [4.78, 5) is 17.2. The molecule has 0 spiro atoms. The minimum absolute atomic E-state index is 0.215. The average Bonchev–Trinajstić information content (AvgIpc) is 2.96. The van der Waals surface area contributed by atoms with Gasteiger partial charge in [0.25, 0.3) is 0 Å². The molecule has 114 valence electrons. The number of fused-ring (bicyclic) bond motifs is 1. The Morgan fingerprint density at radius 2 is 2.15 bits per heavy atom. The fraction of sp³-hybridized carbons (Fsp3) is 0.933. The zero-order chi connectivity index (χ0) is 13.9. The molecule has 2 saturated heterocycles. The number of nitrogens with zero attached hydrogens (tertiary/aromatic N) is 2. The van der Waals surface area contributed by atoms with Crippen LogP contribution in [0, 0.1) is 5.92 Å². The van der Waals surface area contributed by atoms with E-state index < -0.39 is 0 Å². The number of carbonyl (C=O) groups excluding carboxylic acids is 1. The number of carbonyl (C=O) groups is 1. The molecule has 3 N–H and O–H groups in total. The highest BCUT2D eigenvalue weighted by Crippen LogP contribution is 2.30. The zero-order valence-electron chi connectivity index (χ0n) is 12.7. The highest BCUT2D eigenvalue weighted by atomic mass is 16.2. The lowest BCUT2D eigenvalue weighted by Crippen LogP contribution is -2.82. The monoisotopic (exact) mass is 281 g/mol. The molecule has 2 aliphatic heterocycles. The molecule has 3 fully saturated rings. The third-order valence-corrected chi connectivity index (χ3v) is 5.20. The fourth-order valence-electron chi connectivity index (χ4n) is 4.04. The molecule has 3 atom stereocenters. The lowest BCUT2D eigenvalue weighted by molar-refractivity contribution is -0.642. The number of nitrogens with one attached hydrogen (secondary N) is 1. The van der Waals surface area contributed by atoms with Gasteiger partial charge in [0, 0.05) is 19.1 Å². The molecule has 1 saturated carbocycles. The van der Waals surface area contributed by atoms with Gasteiger partial charge in [0.2, 0.25) is 5.91 Å². The molecule has 1 aliphatic carbocycles. The largest absolute Gasteiger partial charge is 0.333 e. The third kappa shape index (κ3) is 3.00. The summed E-state index contributed by atoms with van der Waals surface area (Å²) in [5.41, 5.74) is 0. The van der Waals surface area contributed by atoms with Crippen LogP contribution in [0.15, 0.2) is 0 Å². The normalized spacial score (nSPS) is 35.4. The molecule has 1 amide bonds. The molecule has 5 heteroatoms. The lowest BCUT2D eigenvalue weighted by Gasteiger charge is -2.45. The Morgan fingerprint density at radius 3 is 2.95 bits per heavy atom. The summed E-state index contributed by atoms with van der Waals surface area (Å²) in [6.07, 6.45) is 6.08. The molecular weight excluding hydrogens is 252 g/mol. The van der Waals surface area contributed by atoms with E-state index in [1.54, 1.807) is 0 Å². The van der Waals surface area contributed by atoms with E-state index in [9.17, 15) is 4.79 Å². The highest BCUT2D eigenvalue weighted by molar-refractivity contribution is 5.80. The Morgan fingerprint density at radius 1 is 1.30 bits per heavy atom. The molecule has 3 unspecified atom stereocenters. The van der Waals surface area contributed by atoms with Crippen LogP contribution < -0.4 is 10.6 Å². The van der Waals surface area contributed by atoms with Crippen LogP contribution in [0.25, 0.3) is 0 Å². The first-order chi connectivity index (χ1) is 9.75. The van der Waals surface area contributed by atoms with E-state index in [0.29, 0.717) is 11.9 Å². The number of quaternary nitrogens is 1. The minimum Gasteiger partial charge on any atom is -0.333 e. The van der Waals surface area contributed by atoms with E-state index >= 15 is 0 Å². The van der Waals surface area contributed by atoms with E-state index in [4.69, 9.17) is 0 Å². The van der Waals surface area contributed by atoms with Crippen molar-refractivity contribution in [3.63, 3.8) is 0 Å². The standard InChI is InChI=1S/C15H28N4O/c1-12-17-14-6-3-2-5-13(14)15(20)19(12)9-4-8-18-10-7-16-11-18/h12-14,16-17H,2-11H2,1H3/p+1. The Labute approximate surface area is 122 Å². The first-order valence-electron chi connectivity index (χ1n) is 8.36.